The van der Waals surface area contributed by atoms with Gasteiger partial charge in [-0.2, -0.15) is 5.26 Å². The van der Waals surface area contributed by atoms with E-state index in [-0.39, 0.29) is 62.6 Å². The maximum absolute atomic E-state index is 10.3. The molecule has 0 fully saturated rings. The third kappa shape index (κ3) is 2.66. The molecule has 0 radical (unpaired) electrons. The number of carbonyl (C=O) groups is 1. The number of rotatable bonds is 1. The van der Waals surface area contributed by atoms with Crippen LogP contribution in [0.25, 0.3) is 0 Å². The van der Waals surface area contributed by atoms with E-state index < -0.39 is 5.97 Å². The van der Waals surface area contributed by atoms with Crippen molar-refractivity contribution in [1.82, 2.24) is 4.98 Å². The zero-order valence-corrected chi connectivity index (χ0v) is 9.57. The number of carboxylic acids is 1. The van der Waals surface area contributed by atoms with E-state index in [2.05, 4.69) is 4.98 Å². The SMILES string of the molecule is N#Cc1ncccc1C(=O)[O-].[K+]. The van der Waals surface area contributed by atoms with Crippen LogP contribution in [0.1, 0.15) is 16.1 Å². The summed E-state index contributed by atoms with van der Waals surface area (Å²) in [6.07, 6.45) is 1.35. The molecule has 1 aromatic heterocycles. The molecule has 0 amide bonds. The summed E-state index contributed by atoms with van der Waals surface area (Å²) in [5, 5.41) is 18.6. The fourth-order valence-electron chi connectivity index (χ4n) is 0.659. The van der Waals surface area contributed by atoms with Gasteiger partial charge in [0.05, 0.1) is 5.97 Å². The molecule has 0 aliphatic heterocycles. The van der Waals surface area contributed by atoms with Gasteiger partial charge in [0.1, 0.15) is 11.8 Å². The molecule has 0 aliphatic carbocycles. The molecule has 5 heteroatoms. The fraction of sp³-hybridized carbons (Fsp3) is 0. The summed E-state index contributed by atoms with van der Waals surface area (Å²) in [5.74, 6) is -1.38. The third-order valence-corrected chi connectivity index (χ3v) is 1.13. The van der Waals surface area contributed by atoms with Crippen LogP contribution in [0.4, 0.5) is 0 Å². The maximum atomic E-state index is 10.3. The number of aromatic nitrogens is 1. The Labute approximate surface area is 112 Å². The minimum atomic E-state index is -1.38. The normalized spacial score (nSPS) is 7.92. The number of hydrogen-bond donors (Lipinski definition) is 0. The van der Waals surface area contributed by atoms with Crippen LogP contribution in [0.3, 0.4) is 0 Å². The van der Waals surface area contributed by atoms with E-state index in [4.69, 9.17) is 5.26 Å². The summed E-state index contributed by atoms with van der Waals surface area (Å²) >= 11 is 0. The minimum absolute atomic E-state index is 0. The number of hydrogen-bond acceptors (Lipinski definition) is 4. The van der Waals surface area contributed by atoms with E-state index in [9.17, 15) is 9.90 Å². The molecule has 0 aliphatic rings. The Kier molecular flexibility index (Phi) is 5.29. The summed E-state index contributed by atoms with van der Waals surface area (Å²) in [6, 6.07) is 4.36. The molecule has 0 spiro atoms. The van der Waals surface area contributed by atoms with Crippen molar-refractivity contribution in [2.75, 3.05) is 0 Å². The Morgan fingerprint density at radius 1 is 1.67 bits per heavy atom. The van der Waals surface area contributed by atoms with Gasteiger partial charge in [-0.3, -0.25) is 0 Å². The summed E-state index contributed by atoms with van der Waals surface area (Å²) in [5.41, 5.74) is -0.289. The quantitative estimate of drug-likeness (QED) is 0.423. The summed E-state index contributed by atoms with van der Waals surface area (Å²) < 4.78 is 0. The molecule has 12 heavy (non-hydrogen) atoms. The van der Waals surface area contributed by atoms with E-state index in [1.807, 2.05) is 0 Å². The molecule has 0 saturated heterocycles. The van der Waals surface area contributed by atoms with Gasteiger partial charge in [0.15, 0.2) is 0 Å². The van der Waals surface area contributed by atoms with Crippen LogP contribution in [0, 0.1) is 11.3 Å². The molecule has 1 aromatic rings. The number of nitrogens with zero attached hydrogens (tertiary/aromatic N) is 2. The predicted molar refractivity (Wildman–Crippen MR) is 33.3 cm³/mol. The largest absolute Gasteiger partial charge is 1.00 e. The molecule has 4 nitrogen and oxygen atoms in total. The fourth-order valence-corrected chi connectivity index (χ4v) is 0.659. The first-order valence-corrected chi connectivity index (χ1v) is 2.82. The number of carbonyl (C=O) groups excluding carboxylic acids is 1. The van der Waals surface area contributed by atoms with Crippen molar-refractivity contribution < 1.29 is 61.3 Å². The number of nitriles is 1. The van der Waals surface area contributed by atoms with Crippen molar-refractivity contribution in [3.8, 4) is 6.07 Å². The minimum Gasteiger partial charge on any atom is -0.545 e. The Morgan fingerprint density at radius 2 is 2.33 bits per heavy atom. The topological polar surface area (TPSA) is 76.8 Å². The molecule has 54 valence electrons. The zero-order chi connectivity index (χ0) is 8.27. The second-order valence-electron chi connectivity index (χ2n) is 1.80. The number of aromatic carboxylic acids is 1. The van der Waals surface area contributed by atoms with Crippen LogP contribution in [-0.4, -0.2) is 11.0 Å². The maximum Gasteiger partial charge on any atom is 1.00 e. The van der Waals surface area contributed by atoms with Gasteiger partial charge in [0.25, 0.3) is 0 Å². The second-order valence-corrected chi connectivity index (χ2v) is 1.80. The predicted octanol–water partition coefficient (Wildman–Crippen LogP) is -3.68. The molecule has 0 bridgehead atoms. The van der Waals surface area contributed by atoms with E-state index in [1.54, 1.807) is 6.07 Å². The van der Waals surface area contributed by atoms with Crippen LogP contribution in [0.2, 0.25) is 0 Å². The van der Waals surface area contributed by atoms with Crippen LogP contribution in [-0.2, 0) is 0 Å². The Morgan fingerprint density at radius 3 is 2.75 bits per heavy atom. The van der Waals surface area contributed by atoms with E-state index in [1.165, 1.54) is 18.3 Å². The van der Waals surface area contributed by atoms with Crippen molar-refractivity contribution in [2.24, 2.45) is 0 Å². The molecule has 0 aromatic carbocycles. The first kappa shape index (κ1) is 11.7. The van der Waals surface area contributed by atoms with Crippen molar-refractivity contribution in [3.05, 3.63) is 29.6 Å². The molecule has 0 N–H and O–H groups in total. The van der Waals surface area contributed by atoms with E-state index >= 15 is 0 Å². The van der Waals surface area contributed by atoms with Gasteiger partial charge in [-0.25, -0.2) is 4.98 Å². The van der Waals surface area contributed by atoms with Gasteiger partial charge in [-0.1, -0.05) is 0 Å². The molecule has 1 heterocycles. The first-order valence-electron chi connectivity index (χ1n) is 2.82. The number of pyridine rings is 1. The van der Waals surface area contributed by atoms with Gasteiger partial charge in [0, 0.05) is 11.8 Å². The standard InChI is InChI=1S/C7H4N2O2.K/c8-4-6-5(7(10)11)2-1-3-9-6;/h1-3H,(H,10,11);/q;+1/p-1. The summed E-state index contributed by atoms with van der Waals surface area (Å²) in [6.45, 7) is 0. The van der Waals surface area contributed by atoms with Crippen LogP contribution in [0.15, 0.2) is 18.3 Å². The summed E-state index contributed by atoms with van der Waals surface area (Å²) in [4.78, 5) is 13.8. The molecular formula is C7H3KN2O2. The van der Waals surface area contributed by atoms with Crippen molar-refractivity contribution in [2.45, 2.75) is 0 Å². The first-order chi connectivity index (χ1) is 5.25. The van der Waals surface area contributed by atoms with E-state index in [0.29, 0.717) is 0 Å². The van der Waals surface area contributed by atoms with Crippen molar-refractivity contribution >= 4 is 5.97 Å². The Bertz CT molecular complexity index is 332. The molecule has 0 unspecified atom stereocenters. The van der Waals surface area contributed by atoms with Crippen LogP contribution < -0.4 is 56.5 Å². The van der Waals surface area contributed by atoms with Crippen molar-refractivity contribution in [1.29, 1.82) is 5.26 Å². The zero-order valence-electron chi connectivity index (χ0n) is 6.44. The molecule has 1 rings (SSSR count). The molecule has 0 saturated carbocycles. The van der Waals surface area contributed by atoms with Crippen LogP contribution in [0.5, 0.6) is 0 Å². The monoisotopic (exact) mass is 186 g/mol. The number of carboxylic acid groups (broad SMARTS) is 1. The third-order valence-electron chi connectivity index (χ3n) is 1.13. The average Bonchev–Trinajstić information content (AvgIpc) is 2.04. The van der Waals surface area contributed by atoms with Crippen molar-refractivity contribution in [3.63, 3.8) is 0 Å². The Hall–Kier alpha value is -0.254. The second kappa shape index (κ2) is 5.40. The summed E-state index contributed by atoms with van der Waals surface area (Å²) in [7, 11) is 0. The van der Waals surface area contributed by atoms with Gasteiger partial charge >= 0.3 is 51.4 Å². The van der Waals surface area contributed by atoms with Gasteiger partial charge in [0.2, 0.25) is 0 Å². The van der Waals surface area contributed by atoms with Gasteiger partial charge in [-0.15, -0.1) is 0 Å². The van der Waals surface area contributed by atoms with E-state index in [0.717, 1.165) is 0 Å². The molecular weight excluding hydrogens is 183 g/mol. The average molecular weight is 186 g/mol. The smallest absolute Gasteiger partial charge is 0.545 e. The van der Waals surface area contributed by atoms with Gasteiger partial charge < -0.3 is 9.90 Å². The van der Waals surface area contributed by atoms with Gasteiger partial charge in [-0.05, 0) is 12.1 Å². The van der Waals surface area contributed by atoms with Crippen LogP contribution >= 0.6 is 0 Å². The Balaban J connectivity index is 0.00000121. The molecule has 0 atom stereocenters.